The van der Waals surface area contributed by atoms with E-state index in [1.54, 1.807) is 12.0 Å². The lowest BCUT2D eigenvalue weighted by Gasteiger charge is -2.29. The SMILES string of the molecule is CN=C(NCCCc1nc2c(s1)CCCC2)NCC1(CCOC)CCCC1.I. The maximum atomic E-state index is 5.33. The van der Waals surface area contributed by atoms with Crippen molar-refractivity contribution in [2.75, 3.05) is 33.9 Å². The fraction of sp³-hybridized carbons (Fsp3) is 0.810. The number of thiazole rings is 1. The van der Waals surface area contributed by atoms with Crippen LogP contribution in [0.15, 0.2) is 4.99 Å². The highest BCUT2D eigenvalue weighted by Crippen LogP contribution is 2.40. The van der Waals surface area contributed by atoms with Crippen LogP contribution in [0.1, 0.15) is 66.9 Å². The van der Waals surface area contributed by atoms with Crippen molar-refractivity contribution >= 4 is 41.3 Å². The van der Waals surface area contributed by atoms with E-state index < -0.39 is 0 Å². The third kappa shape index (κ3) is 6.83. The predicted molar refractivity (Wildman–Crippen MR) is 129 cm³/mol. The molecule has 1 heterocycles. The second kappa shape index (κ2) is 12.3. The number of methoxy groups -OCH3 is 1. The van der Waals surface area contributed by atoms with Crippen molar-refractivity contribution in [2.45, 2.75) is 70.6 Å². The molecule has 1 fully saturated rings. The number of halogens is 1. The number of aryl methyl sites for hydroxylation is 3. The van der Waals surface area contributed by atoms with Crippen LogP contribution in [0.4, 0.5) is 0 Å². The standard InChI is InChI=1S/C21H36N4OS.HI/c1-22-20(24-16-21(13-15-26-2)11-5-6-12-21)23-14-7-10-19-25-17-8-3-4-9-18(17)27-19;/h3-16H2,1-2H3,(H2,22,23,24);1H. The molecule has 0 aliphatic heterocycles. The molecule has 0 radical (unpaired) electrons. The minimum atomic E-state index is 0. The van der Waals surface area contributed by atoms with Crippen LogP contribution >= 0.6 is 35.3 Å². The van der Waals surface area contributed by atoms with Gasteiger partial charge in [0.05, 0.1) is 10.7 Å². The number of aliphatic imine (C=N–C) groups is 1. The molecule has 3 rings (SSSR count). The predicted octanol–water partition coefficient (Wildman–Crippen LogP) is 4.33. The van der Waals surface area contributed by atoms with Crippen molar-refractivity contribution < 1.29 is 4.74 Å². The van der Waals surface area contributed by atoms with Crippen LogP contribution in [-0.4, -0.2) is 44.8 Å². The Morgan fingerprint density at radius 3 is 2.68 bits per heavy atom. The van der Waals surface area contributed by atoms with Gasteiger partial charge in [-0.05, 0) is 56.8 Å². The summed E-state index contributed by atoms with van der Waals surface area (Å²) in [6.07, 6.45) is 13.7. The molecule has 0 bridgehead atoms. The minimum absolute atomic E-state index is 0. The van der Waals surface area contributed by atoms with E-state index in [1.165, 1.54) is 62.1 Å². The van der Waals surface area contributed by atoms with Gasteiger partial charge < -0.3 is 15.4 Å². The first-order chi connectivity index (χ1) is 13.2. The molecular formula is C21H37IN4OS. The summed E-state index contributed by atoms with van der Waals surface area (Å²) in [6, 6.07) is 0. The first-order valence-electron chi connectivity index (χ1n) is 10.7. The first kappa shape index (κ1) is 23.9. The van der Waals surface area contributed by atoms with E-state index in [1.807, 2.05) is 18.4 Å². The Balaban J connectivity index is 0.00000280. The van der Waals surface area contributed by atoms with Crippen molar-refractivity contribution in [2.24, 2.45) is 10.4 Å². The number of aromatic nitrogens is 1. The molecule has 0 unspecified atom stereocenters. The number of nitrogens with one attached hydrogen (secondary N) is 2. The molecule has 1 aromatic rings. The lowest BCUT2D eigenvalue weighted by molar-refractivity contribution is 0.138. The molecule has 0 amide bonds. The highest BCUT2D eigenvalue weighted by atomic mass is 127. The van der Waals surface area contributed by atoms with Crippen LogP contribution in [0, 0.1) is 5.41 Å². The lowest BCUT2D eigenvalue weighted by Crippen LogP contribution is -2.43. The van der Waals surface area contributed by atoms with Crippen molar-refractivity contribution in [1.82, 2.24) is 15.6 Å². The maximum absolute atomic E-state index is 5.33. The van der Waals surface area contributed by atoms with Gasteiger partial charge in [-0.2, -0.15) is 0 Å². The summed E-state index contributed by atoms with van der Waals surface area (Å²) in [5.41, 5.74) is 1.76. The van der Waals surface area contributed by atoms with E-state index in [0.29, 0.717) is 5.41 Å². The summed E-state index contributed by atoms with van der Waals surface area (Å²) >= 11 is 1.94. The monoisotopic (exact) mass is 520 g/mol. The summed E-state index contributed by atoms with van der Waals surface area (Å²) in [5.74, 6) is 0.928. The zero-order valence-electron chi connectivity index (χ0n) is 17.5. The van der Waals surface area contributed by atoms with Crippen LogP contribution < -0.4 is 10.6 Å². The van der Waals surface area contributed by atoms with E-state index in [4.69, 9.17) is 9.72 Å². The average Bonchev–Trinajstić information content (AvgIpc) is 3.33. The third-order valence-electron chi connectivity index (χ3n) is 6.10. The van der Waals surface area contributed by atoms with Gasteiger partial charge in [0.25, 0.3) is 0 Å². The van der Waals surface area contributed by atoms with Crippen molar-refractivity contribution in [1.29, 1.82) is 0 Å². The molecule has 2 aliphatic carbocycles. The highest BCUT2D eigenvalue weighted by Gasteiger charge is 2.33. The fourth-order valence-electron chi connectivity index (χ4n) is 4.41. The third-order valence-corrected chi connectivity index (χ3v) is 7.32. The molecule has 1 saturated carbocycles. The number of ether oxygens (including phenoxy) is 1. The Kier molecular flexibility index (Phi) is 10.5. The van der Waals surface area contributed by atoms with Gasteiger partial charge in [0.2, 0.25) is 0 Å². The van der Waals surface area contributed by atoms with Gasteiger partial charge in [0, 0.05) is 45.2 Å². The normalized spacial score (nSPS) is 18.4. The van der Waals surface area contributed by atoms with Crippen molar-refractivity contribution in [3.63, 3.8) is 0 Å². The van der Waals surface area contributed by atoms with Gasteiger partial charge in [-0.1, -0.05) is 12.8 Å². The summed E-state index contributed by atoms with van der Waals surface area (Å²) in [4.78, 5) is 10.8. The molecular weight excluding hydrogens is 483 g/mol. The number of guanidine groups is 1. The minimum Gasteiger partial charge on any atom is -0.385 e. The molecule has 0 atom stereocenters. The number of rotatable bonds is 9. The van der Waals surface area contributed by atoms with E-state index in [0.717, 1.165) is 44.9 Å². The van der Waals surface area contributed by atoms with Crippen molar-refractivity contribution in [3.8, 4) is 0 Å². The summed E-state index contributed by atoms with van der Waals surface area (Å²) in [5, 5.41) is 8.37. The second-order valence-electron chi connectivity index (χ2n) is 8.09. The molecule has 5 nitrogen and oxygen atoms in total. The van der Waals surface area contributed by atoms with Crippen molar-refractivity contribution in [3.05, 3.63) is 15.6 Å². The van der Waals surface area contributed by atoms with Crippen LogP contribution in [0.2, 0.25) is 0 Å². The van der Waals surface area contributed by atoms with Gasteiger partial charge in [0.1, 0.15) is 0 Å². The second-order valence-corrected chi connectivity index (χ2v) is 9.26. The lowest BCUT2D eigenvalue weighted by atomic mass is 9.83. The van der Waals surface area contributed by atoms with E-state index in [-0.39, 0.29) is 24.0 Å². The summed E-state index contributed by atoms with van der Waals surface area (Å²) in [6.45, 7) is 2.79. The fourth-order valence-corrected chi connectivity index (χ4v) is 5.61. The quantitative estimate of drug-likeness (QED) is 0.220. The number of nitrogens with zero attached hydrogens (tertiary/aromatic N) is 2. The van der Waals surface area contributed by atoms with Gasteiger partial charge in [-0.3, -0.25) is 4.99 Å². The molecule has 28 heavy (non-hydrogen) atoms. The van der Waals surface area contributed by atoms with Gasteiger partial charge in [-0.25, -0.2) is 4.98 Å². The van der Waals surface area contributed by atoms with E-state index in [2.05, 4.69) is 15.6 Å². The van der Waals surface area contributed by atoms with Crippen LogP contribution in [0.25, 0.3) is 0 Å². The maximum Gasteiger partial charge on any atom is 0.190 e. The zero-order valence-corrected chi connectivity index (χ0v) is 20.7. The molecule has 0 spiro atoms. The molecule has 1 aromatic heterocycles. The number of hydrogen-bond donors (Lipinski definition) is 2. The van der Waals surface area contributed by atoms with E-state index >= 15 is 0 Å². The number of fused-ring (bicyclic) bond motifs is 1. The van der Waals surface area contributed by atoms with E-state index in [9.17, 15) is 0 Å². The Bertz CT molecular complexity index is 590. The van der Waals surface area contributed by atoms with Crippen LogP contribution in [0.3, 0.4) is 0 Å². The Labute approximate surface area is 191 Å². The molecule has 160 valence electrons. The van der Waals surface area contributed by atoms with Crippen LogP contribution in [0.5, 0.6) is 0 Å². The Morgan fingerprint density at radius 2 is 1.96 bits per heavy atom. The molecule has 7 heteroatoms. The molecule has 0 aromatic carbocycles. The highest BCUT2D eigenvalue weighted by molar-refractivity contribution is 14.0. The largest absolute Gasteiger partial charge is 0.385 e. The molecule has 2 N–H and O–H groups in total. The zero-order chi connectivity index (χ0) is 19.0. The van der Waals surface area contributed by atoms with Gasteiger partial charge in [0.15, 0.2) is 5.96 Å². The summed E-state index contributed by atoms with van der Waals surface area (Å²) < 4.78 is 5.33. The average molecular weight is 521 g/mol. The first-order valence-corrected chi connectivity index (χ1v) is 11.5. The van der Waals surface area contributed by atoms with Crippen LogP contribution in [-0.2, 0) is 24.0 Å². The van der Waals surface area contributed by atoms with Gasteiger partial charge >= 0.3 is 0 Å². The smallest absolute Gasteiger partial charge is 0.190 e. The Hall–Kier alpha value is -0.410. The molecule has 2 aliphatic rings. The topological polar surface area (TPSA) is 58.5 Å². The summed E-state index contributed by atoms with van der Waals surface area (Å²) in [7, 11) is 3.66. The van der Waals surface area contributed by atoms with Gasteiger partial charge in [-0.15, -0.1) is 35.3 Å². The number of hydrogen-bond acceptors (Lipinski definition) is 4. The Morgan fingerprint density at radius 1 is 1.18 bits per heavy atom. The molecule has 0 saturated heterocycles.